The molecule has 2 heterocycles. The average molecular weight is 484 g/mol. The summed E-state index contributed by atoms with van der Waals surface area (Å²) in [4.78, 5) is 24.6. The van der Waals surface area contributed by atoms with Crippen molar-refractivity contribution < 1.29 is 14.0 Å². The quantitative estimate of drug-likeness (QED) is 0.382. The maximum Gasteiger partial charge on any atom is 0.411 e. The van der Waals surface area contributed by atoms with E-state index in [-0.39, 0.29) is 17.1 Å². The first-order chi connectivity index (χ1) is 15.9. The van der Waals surface area contributed by atoms with Gasteiger partial charge in [0, 0.05) is 31.4 Å². The zero-order valence-corrected chi connectivity index (χ0v) is 21.7. The average Bonchev–Trinajstić information content (AvgIpc) is 3.18. The van der Waals surface area contributed by atoms with Crippen molar-refractivity contribution in [1.82, 2.24) is 19.6 Å². The Morgan fingerprint density at radius 1 is 1.18 bits per heavy atom. The van der Waals surface area contributed by atoms with Crippen LogP contribution in [0, 0.1) is 0 Å². The van der Waals surface area contributed by atoms with E-state index in [2.05, 4.69) is 49.4 Å². The van der Waals surface area contributed by atoms with Crippen LogP contribution >= 0.6 is 0 Å². The highest BCUT2D eigenvalue weighted by molar-refractivity contribution is 6.74. The lowest BCUT2D eigenvalue weighted by atomic mass is 10.1. The summed E-state index contributed by atoms with van der Waals surface area (Å²) in [5.74, 6) is 0. The van der Waals surface area contributed by atoms with Crippen LogP contribution in [-0.4, -0.2) is 47.2 Å². The number of amides is 1. The molecule has 0 aliphatic rings. The van der Waals surface area contributed by atoms with E-state index < -0.39 is 14.4 Å². The molecule has 0 aliphatic carbocycles. The first-order valence-corrected chi connectivity index (χ1v) is 14.1. The van der Waals surface area contributed by atoms with Crippen LogP contribution in [0.3, 0.4) is 0 Å². The fourth-order valence-electron chi connectivity index (χ4n) is 2.99. The second-order valence-electron chi connectivity index (χ2n) is 9.69. The van der Waals surface area contributed by atoms with Crippen molar-refractivity contribution in [3.05, 3.63) is 70.4 Å². The summed E-state index contributed by atoms with van der Waals surface area (Å²) in [6.45, 7) is 11.4. The number of nitrogens with one attached hydrogen (secondary N) is 1. The van der Waals surface area contributed by atoms with Gasteiger partial charge in [0.1, 0.15) is 18.0 Å². The van der Waals surface area contributed by atoms with Crippen molar-refractivity contribution in [2.75, 3.05) is 18.5 Å². The Bertz CT molecular complexity index is 1200. The number of hydrogen-bond donors (Lipinski definition) is 1. The molecular formula is C24H33N5O4Si. The molecule has 0 saturated heterocycles. The molecule has 0 radical (unpaired) electrons. The monoisotopic (exact) mass is 483 g/mol. The van der Waals surface area contributed by atoms with Crippen molar-refractivity contribution in [2.45, 2.75) is 45.3 Å². The number of carbonyl (C=O) groups is 1. The first-order valence-electron chi connectivity index (χ1n) is 11.2. The van der Waals surface area contributed by atoms with Gasteiger partial charge in [-0.2, -0.15) is 10.2 Å². The molecule has 0 bridgehead atoms. The minimum Gasteiger partial charge on any atom is -0.447 e. The SMILES string of the molecule is Cn1cc(-n2ccc(=O)c(Cc3cccc(NC(=O)OCCO[Si](C)(C)C(C)(C)C)c3)n2)cn1. The third kappa shape index (κ3) is 6.64. The molecule has 3 aromatic rings. The molecule has 3 rings (SSSR count). The number of ether oxygens (including phenoxy) is 1. The molecule has 0 saturated carbocycles. The Labute approximate surface area is 200 Å². The number of rotatable bonds is 8. The van der Waals surface area contributed by atoms with Crippen molar-refractivity contribution >= 4 is 20.1 Å². The fraction of sp³-hybridized carbons (Fsp3) is 0.417. The number of aromatic nitrogens is 4. The van der Waals surface area contributed by atoms with Gasteiger partial charge >= 0.3 is 6.09 Å². The second-order valence-corrected chi connectivity index (χ2v) is 14.5. The van der Waals surface area contributed by atoms with Crippen molar-refractivity contribution in [2.24, 2.45) is 7.05 Å². The molecule has 0 aliphatic heterocycles. The zero-order chi connectivity index (χ0) is 24.9. The summed E-state index contributed by atoms with van der Waals surface area (Å²) in [7, 11) is -0.0572. The summed E-state index contributed by atoms with van der Waals surface area (Å²) in [6, 6.07) is 8.75. The zero-order valence-electron chi connectivity index (χ0n) is 20.7. The normalized spacial score (nSPS) is 11.9. The number of hydrogen-bond acceptors (Lipinski definition) is 6. The van der Waals surface area contributed by atoms with Crippen LogP contribution in [0.2, 0.25) is 18.1 Å². The van der Waals surface area contributed by atoms with Crippen molar-refractivity contribution in [3.63, 3.8) is 0 Å². The summed E-state index contributed by atoms with van der Waals surface area (Å²) in [5, 5.41) is 11.4. The Morgan fingerprint density at radius 2 is 1.94 bits per heavy atom. The van der Waals surface area contributed by atoms with E-state index in [4.69, 9.17) is 9.16 Å². The summed E-state index contributed by atoms with van der Waals surface area (Å²) < 4.78 is 14.6. The Hall–Kier alpha value is -3.24. The third-order valence-corrected chi connectivity index (χ3v) is 10.5. The van der Waals surface area contributed by atoms with E-state index >= 15 is 0 Å². The molecule has 1 N–H and O–H groups in total. The highest BCUT2D eigenvalue weighted by atomic mass is 28.4. The molecule has 0 unspecified atom stereocenters. The molecule has 2 aromatic heterocycles. The molecule has 1 amide bonds. The Balaban J connectivity index is 1.58. The second kappa shape index (κ2) is 10.4. The van der Waals surface area contributed by atoms with Crippen LogP contribution in [0.5, 0.6) is 0 Å². The number of carbonyl (C=O) groups excluding carboxylic acids is 1. The smallest absolute Gasteiger partial charge is 0.411 e. The molecule has 9 nitrogen and oxygen atoms in total. The molecule has 1 aromatic carbocycles. The maximum atomic E-state index is 12.4. The lowest BCUT2D eigenvalue weighted by Crippen LogP contribution is -2.41. The van der Waals surface area contributed by atoms with Crippen molar-refractivity contribution in [1.29, 1.82) is 0 Å². The van der Waals surface area contributed by atoms with Crippen molar-refractivity contribution in [3.8, 4) is 5.69 Å². The van der Waals surface area contributed by atoms with Crippen LogP contribution in [0.25, 0.3) is 5.69 Å². The minimum atomic E-state index is -1.87. The van der Waals surface area contributed by atoms with E-state index in [0.29, 0.717) is 24.4 Å². The lowest BCUT2D eigenvalue weighted by Gasteiger charge is -2.36. The largest absolute Gasteiger partial charge is 0.447 e. The molecule has 34 heavy (non-hydrogen) atoms. The third-order valence-electron chi connectivity index (χ3n) is 5.97. The summed E-state index contributed by atoms with van der Waals surface area (Å²) in [6.07, 6.45) is 4.88. The van der Waals surface area contributed by atoms with Crippen LogP contribution in [-0.2, 0) is 22.6 Å². The van der Waals surface area contributed by atoms with Gasteiger partial charge in [0.25, 0.3) is 0 Å². The predicted molar refractivity (Wildman–Crippen MR) is 134 cm³/mol. The summed E-state index contributed by atoms with van der Waals surface area (Å²) in [5.41, 5.74) is 2.43. The highest BCUT2D eigenvalue weighted by Gasteiger charge is 2.36. The van der Waals surface area contributed by atoms with Gasteiger partial charge in [0.2, 0.25) is 5.43 Å². The van der Waals surface area contributed by atoms with Crippen LogP contribution < -0.4 is 10.7 Å². The Morgan fingerprint density at radius 3 is 2.62 bits per heavy atom. The van der Waals surface area contributed by atoms with Crippen LogP contribution in [0.1, 0.15) is 32.0 Å². The predicted octanol–water partition coefficient (Wildman–Crippen LogP) is 4.13. The molecule has 0 fully saturated rings. The topological polar surface area (TPSA) is 100 Å². The Kier molecular flexibility index (Phi) is 7.73. The van der Waals surface area contributed by atoms with Gasteiger partial charge in [0.15, 0.2) is 8.32 Å². The molecular weight excluding hydrogens is 450 g/mol. The van der Waals surface area contributed by atoms with E-state index in [1.54, 1.807) is 33.9 Å². The maximum absolute atomic E-state index is 12.4. The lowest BCUT2D eigenvalue weighted by molar-refractivity contribution is 0.133. The molecule has 0 spiro atoms. The molecule has 0 atom stereocenters. The number of anilines is 1. The number of nitrogens with zero attached hydrogens (tertiary/aromatic N) is 4. The van der Waals surface area contributed by atoms with Gasteiger partial charge in [-0.25, -0.2) is 9.48 Å². The number of benzene rings is 1. The van der Waals surface area contributed by atoms with E-state index in [0.717, 1.165) is 11.3 Å². The van der Waals surface area contributed by atoms with Gasteiger partial charge < -0.3 is 9.16 Å². The van der Waals surface area contributed by atoms with Gasteiger partial charge in [-0.15, -0.1) is 0 Å². The minimum absolute atomic E-state index is 0.102. The van der Waals surface area contributed by atoms with Gasteiger partial charge in [-0.1, -0.05) is 32.9 Å². The van der Waals surface area contributed by atoms with E-state index in [1.807, 2.05) is 25.4 Å². The van der Waals surface area contributed by atoms with Gasteiger partial charge in [-0.3, -0.25) is 14.8 Å². The van der Waals surface area contributed by atoms with E-state index in [9.17, 15) is 9.59 Å². The first kappa shape index (κ1) is 25.4. The van der Waals surface area contributed by atoms with E-state index in [1.165, 1.54) is 6.07 Å². The number of aryl methyl sites for hydroxylation is 1. The molecule has 10 heteroatoms. The van der Waals surface area contributed by atoms with Crippen LogP contribution in [0.15, 0.2) is 53.7 Å². The fourth-order valence-corrected chi connectivity index (χ4v) is 4.02. The standard InChI is InChI=1S/C24H33N5O4Si/c1-24(2,3)34(5,6)33-13-12-32-23(31)26-19-9-7-8-18(14-19)15-21-22(30)10-11-29(27-21)20-16-25-28(4)17-20/h7-11,14,16-17H,12-13,15H2,1-6H3,(H,26,31). The van der Waals surface area contributed by atoms with Crippen LogP contribution in [0.4, 0.5) is 10.5 Å². The summed E-state index contributed by atoms with van der Waals surface area (Å²) >= 11 is 0. The van der Waals surface area contributed by atoms with Gasteiger partial charge in [-0.05, 0) is 35.8 Å². The molecule has 182 valence electrons. The van der Waals surface area contributed by atoms with Gasteiger partial charge in [0.05, 0.1) is 19.0 Å². The highest BCUT2D eigenvalue weighted by Crippen LogP contribution is 2.36.